The van der Waals surface area contributed by atoms with Crippen LogP contribution in [0, 0.1) is 0 Å². The lowest BCUT2D eigenvalue weighted by atomic mass is 9.97. The second-order valence-electron chi connectivity index (χ2n) is 6.94. The molecule has 1 aromatic heterocycles. The van der Waals surface area contributed by atoms with Gasteiger partial charge < -0.3 is 9.47 Å². The molecule has 2 fully saturated rings. The van der Waals surface area contributed by atoms with Gasteiger partial charge in [0.2, 0.25) is 0 Å². The highest BCUT2D eigenvalue weighted by Gasteiger charge is 2.26. The van der Waals surface area contributed by atoms with Gasteiger partial charge in [-0.1, -0.05) is 31.4 Å². The third kappa shape index (κ3) is 3.67. The SMILES string of the molecule is c1cc(C(COC2CCCCC2)N2CCOCC2)c2ccsc2c1. The lowest BCUT2D eigenvalue weighted by Crippen LogP contribution is -2.41. The average Bonchev–Trinajstić information content (AvgIpc) is 3.13. The normalized spacial score (nSPS) is 22.0. The van der Waals surface area contributed by atoms with Crippen molar-refractivity contribution in [3.05, 3.63) is 35.2 Å². The number of benzene rings is 1. The lowest BCUT2D eigenvalue weighted by Gasteiger charge is -2.36. The number of morpholine rings is 1. The van der Waals surface area contributed by atoms with Crippen LogP contribution in [0.25, 0.3) is 10.1 Å². The van der Waals surface area contributed by atoms with Gasteiger partial charge in [-0.2, -0.15) is 0 Å². The number of rotatable bonds is 5. The Balaban J connectivity index is 1.56. The van der Waals surface area contributed by atoms with Crippen LogP contribution >= 0.6 is 11.3 Å². The maximum absolute atomic E-state index is 6.40. The van der Waals surface area contributed by atoms with Crippen molar-refractivity contribution >= 4 is 21.4 Å². The van der Waals surface area contributed by atoms with E-state index in [1.807, 2.05) is 11.3 Å². The van der Waals surface area contributed by atoms with Gasteiger partial charge in [0.05, 0.1) is 32.0 Å². The third-order valence-electron chi connectivity index (χ3n) is 5.42. The minimum absolute atomic E-state index is 0.342. The van der Waals surface area contributed by atoms with E-state index in [-0.39, 0.29) is 0 Å². The minimum atomic E-state index is 0.342. The molecule has 2 aliphatic rings. The molecule has 3 nitrogen and oxygen atoms in total. The van der Waals surface area contributed by atoms with E-state index in [0.29, 0.717) is 12.1 Å². The molecule has 1 saturated heterocycles. The largest absolute Gasteiger partial charge is 0.379 e. The zero-order valence-electron chi connectivity index (χ0n) is 14.3. The first-order valence-corrected chi connectivity index (χ1v) is 10.2. The van der Waals surface area contributed by atoms with E-state index in [0.717, 1.165) is 32.9 Å². The minimum Gasteiger partial charge on any atom is -0.379 e. The molecule has 1 saturated carbocycles. The highest BCUT2D eigenvalue weighted by atomic mass is 32.1. The molecule has 1 unspecified atom stereocenters. The third-order valence-corrected chi connectivity index (χ3v) is 6.30. The topological polar surface area (TPSA) is 21.7 Å². The molecule has 0 amide bonds. The summed E-state index contributed by atoms with van der Waals surface area (Å²) in [6, 6.07) is 9.32. The van der Waals surface area contributed by atoms with E-state index in [1.54, 1.807) is 0 Å². The Labute approximate surface area is 148 Å². The van der Waals surface area contributed by atoms with Crippen LogP contribution in [0.1, 0.15) is 43.7 Å². The molecule has 4 rings (SSSR count). The predicted octanol–water partition coefficient (Wildman–Crippen LogP) is 4.62. The van der Waals surface area contributed by atoms with Gasteiger partial charge in [0.25, 0.3) is 0 Å². The van der Waals surface area contributed by atoms with Crippen molar-refractivity contribution in [2.45, 2.75) is 44.2 Å². The molecule has 24 heavy (non-hydrogen) atoms. The van der Waals surface area contributed by atoms with Crippen molar-refractivity contribution < 1.29 is 9.47 Å². The molecule has 1 aliphatic heterocycles. The van der Waals surface area contributed by atoms with Crippen molar-refractivity contribution in [2.75, 3.05) is 32.9 Å². The Hall–Kier alpha value is -0.940. The molecule has 2 heterocycles. The first-order valence-electron chi connectivity index (χ1n) is 9.31. The Bertz CT molecular complexity index is 644. The van der Waals surface area contributed by atoms with Gasteiger partial charge in [-0.15, -0.1) is 11.3 Å². The maximum atomic E-state index is 6.40. The number of hydrogen-bond donors (Lipinski definition) is 0. The van der Waals surface area contributed by atoms with Crippen LogP contribution in [0.5, 0.6) is 0 Å². The van der Waals surface area contributed by atoms with E-state index >= 15 is 0 Å². The van der Waals surface area contributed by atoms with Crippen molar-refractivity contribution in [1.29, 1.82) is 0 Å². The summed E-state index contributed by atoms with van der Waals surface area (Å²) < 4.78 is 13.3. The first-order chi connectivity index (χ1) is 11.9. The predicted molar refractivity (Wildman–Crippen MR) is 99.8 cm³/mol. The second-order valence-corrected chi connectivity index (χ2v) is 7.88. The van der Waals surface area contributed by atoms with Gasteiger partial charge in [-0.3, -0.25) is 4.90 Å². The molecule has 0 N–H and O–H groups in total. The molecule has 2 aromatic rings. The van der Waals surface area contributed by atoms with Gasteiger partial charge in [-0.25, -0.2) is 0 Å². The molecule has 4 heteroatoms. The molecule has 0 spiro atoms. The molecule has 1 atom stereocenters. The number of thiophene rings is 1. The second kappa shape index (κ2) is 7.96. The summed E-state index contributed by atoms with van der Waals surface area (Å²) in [6.45, 7) is 4.47. The van der Waals surface area contributed by atoms with E-state index in [9.17, 15) is 0 Å². The van der Waals surface area contributed by atoms with Crippen LogP contribution in [-0.2, 0) is 9.47 Å². The van der Waals surface area contributed by atoms with E-state index in [1.165, 1.54) is 47.8 Å². The maximum Gasteiger partial charge on any atom is 0.0667 e. The smallest absolute Gasteiger partial charge is 0.0667 e. The van der Waals surface area contributed by atoms with Crippen LogP contribution in [0.15, 0.2) is 29.6 Å². The molecular weight excluding hydrogens is 318 g/mol. The Morgan fingerprint density at radius 3 is 2.79 bits per heavy atom. The molecule has 1 aromatic carbocycles. The zero-order valence-corrected chi connectivity index (χ0v) is 15.1. The highest BCUT2D eigenvalue weighted by molar-refractivity contribution is 7.17. The van der Waals surface area contributed by atoms with Crippen molar-refractivity contribution in [1.82, 2.24) is 4.90 Å². The summed E-state index contributed by atoms with van der Waals surface area (Å²) in [7, 11) is 0. The quantitative estimate of drug-likeness (QED) is 0.789. The lowest BCUT2D eigenvalue weighted by molar-refractivity contribution is -0.0383. The monoisotopic (exact) mass is 345 g/mol. The molecular formula is C20H27NO2S. The van der Waals surface area contributed by atoms with Gasteiger partial charge in [-0.05, 0) is 41.3 Å². The molecule has 130 valence electrons. The number of fused-ring (bicyclic) bond motifs is 1. The number of ether oxygens (including phenoxy) is 2. The van der Waals surface area contributed by atoms with Crippen molar-refractivity contribution in [3.8, 4) is 0 Å². The fourth-order valence-corrected chi connectivity index (χ4v) is 4.87. The summed E-state index contributed by atoms with van der Waals surface area (Å²) in [6.07, 6.45) is 6.96. The Morgan fingerprint density at radius 2 is 1.96 bits per heavy atom. The standard InChI is InChI=1S/C20H27NO2S/c1-2-5-16(6-3-1)23-15-19(21-10-12-22-13-11-21)17-7-4-8-20-18(17)9-14-24-20/h4,7-9,14,16,19H,1-3,5-6,10-13,15H2. The average molecular weight is 346 g/mol. The van der Waals surface area contributed by atoms with E-state index < -0.39 is 0 Å². The number of nitrogens with zero attached hydrogens (tertiary/aromatic N) is 1. The van der Waals surface area contributed by atoms with Gasteiger partial charge in [0.15, 0.2) is 0 Å². The molecule has 0 radical (unpaired) electrons. The Kier molecular flexibility index (Phi) is 5.48. The highest BCUT2D eigenvalue weighted by Crippen LogP contribution is 2.33. The van der Waals surface area contributed by atoms with Gasteiger partial charge in [0.1, 0.15) is 0 Å². The summed E-state index contributed by atoms with van der Waals surface area (Å²) in [5.74, 6) is 0. The van der Waals surface area contributed by atoms with Crippen LogP contribution in [-0.4, -0.2) is 43.9 Å². The Morgan fingerprint density at radius 1 is 1.12 bits per heavy atom. The first kappa shape index (κ1) is 16.5. The summed E-state index contributed by atoms with van der Waals surface area (Å²) in [5, 5.41) is 3.60. The van der Waals surface area contributed by atoms with Crippen LogP contribution in [0.2, 0.25) is 0 Å². The molecule has 0 bridgehead atoms. The van der Waals surface area contributed by atoms with E-state index in [4.69, 9.17) is 9.47 Å². The van der Waals surface area contributed by atoms with Crippen molar-refractivity contribution in [3.63, 3.8) is 0 Å². The van der Waals surface area contributed by atoms with Crippen LogP contribution in [0.3, 0.4) is 0 Å². The zero-order chi connectivity index (χ0) is 16.2. The van der Waals surface area contributed by atoms with Gasteiger partial charge >= 0.3 is 0 Å². The van der Waals surface area contributed by atoms with Crippen molar-refractivity contribution in [2.24, 2.45) is 0 Å². The van der Waals surface area contributed by atoms with Crippen LogP contribution in [0.4, 0.5) is 0 Å². The van der Waals surface area contributed by atoms with Gasteiger partial charge in [0, 0.05) is 17.8 Å². The van der Waals surface area contributed by atoms with E-state index in [2.05, 4.69) is 34.5 Å². The summed E-state index contributed by atoms with van der Waals surface area (Å²) in [5.41, 5.74) is 1.42. The van der Waals surface area contributed by atoms with Crippen LogP contribution < -0.4 is 0 Å². The fourth-order valence-electron chi connectivity index (χ4n) is 4.05. The summed E-state index contributed by atoms with van der Waals surface area (Å²) >= 11 is 1.83. The molecule has 1 aliphatic carbocycles. The fraction of sp³-hybridized carbons (Fsp3) is 0.600. The number of hydrogen-bond acceptors (Lipinski definition) is 4. The summed E-state index contributed by atoms with van der Waals surface area (Å²) in [4.78, 5) is 2.55.